The van der Waals surface area contributed by atoms with Crippen molar-refractivity contribution >= 4 is 5.71 Å². The summed E-state index contributed by atoms with van der Waals surface area (Å²) in [5, 5.41) is 15.0. The summed E-state index contributed by atoms with van der Waals surface area (Å²) in [6.45, 7) is 6.28. The molecule has 0 aliphatic heterocycles. The zero-order valence-corrected chi connectivity index (χ0v) is 16.8. The van der Waals surface area contributed by atoms with Crippen molar-refractivity contribution in [1.29, 1.82) is 0 Å². The van der Waals surface area contributed by atoms with E-state index in [1.165, 1.54) is 44.2 Å². The van der Waals surface area contributed by atoms with E-state index < -0.39 is 0 Å². The van der Waals surface area contributed by atoms with Crippen molar-refractivity contribution in [3.63, 3.8) is 0 Å². The molecule has 0 aromatic rings. The average Bonchev–Trinajstić information content (AvgIpc) is 2.94. The van der Waals surface area contributed by atoms with Crippen LogP contribution in [0.2, 0.25) is 0 Å². The van der Waals surface area contributed by atoms with Crippen LogP contribution in [-0.2, 0) is 4.84 Å². The largest absolute Gasteiger partial charge is 0.396 e. The summed E-state index contributed by atoms with van der Waals surface area (Å²) in [5.74, 6) is 3.21. The highest BCUT2D eigenvalue weighted by molar-refractivity contribution is 5.85. The van der Waals surface area contributed by atoms with E-state index >= 15 is 0 Å². The predicted molar refractivity (Wildman–Crippen MR) is 105 cm³/mol. The Morgan fingerprint density at radius 2 is 1.88 bits per heavy atom. The first-order valence-corrected chi connectivity index (χ1v) is 11.0. The van der Waals surface area contributed by atoms with E-state index in [2.05, 4.69) is 19.0 Å². The topological polar surface area (TPSA) is 67.8 Å². The van der Waals surface area contributed by atoms with E-state index in [1.807, 2.05) is 0 Å². The smallest absolute Gasteiger partial charge is 0.118 e. The molecule has 0 amide bonds. The van der Waals surface area contributed by atoms with Gasteiger partial charge in [-0.05, 0) is 105 Å². The van der Waals surface area contributed by atoms with Gasteiger partial charge in [0.2, 0.25) is 0 Å². The molecule has 0 saturated heterocycles. The van der Waals surface area contributed by atoms with Crippen LogP contribution in [0.25, 0.3) is 0 Å². The van der Waals surface area contributed by atoms with Crippen LogP contribution >= 0.6 is 0 Å². The minimum atomic E-state index is -0.0604. The number of hydrogen-bond donors (Lipinski definition) is 2. The third kappa shape index (κ3) is 2.92. The van der Waals surface area contributed by atoms with Gasteiger partial charge in [-0.15, -0.1) is 0 Å². The maximum Gasteiger partial charge on any atom is 0.118 e. The van der Waals surface area contributed by atoms with E-state index in [-0.39, 0.29) is 11.5 Å². The molecule has 4 aliphatic carbocycles. The Morgan fingerprint density at radius 1 is 1.08 bits per heavy atom. The molecule has 0 aromatic heterocycles. The maximum atomic E-state index is 10.6. The van der Waals surface area contributed by atoms with Crippen molar-refractivity contribution in [2.24, 2.45) is 45.4 Å². The van der Waals surface area contributed by atoms with Crippen LogP contribution in [0.1, 0.15) is 78.1 Å². The predicted octanol–water partition coefficient (Wildman–Crippen LogP) is 4.11. The van der Waals surface area contributed by atoms with E-state index in [1.54, 1.807) is 0 Å². The first-order valence-electron chi connectivity index (χ1n) is 11.0. The van der Waals surface area contributed by atoms with E-state index in [0.29, 0.717) is 18.6 Å². The van der Waals surface area contributed by atoms with Gasteiger partial charge in [0, 0.05) is 0 Å². The number of rotatable bonds is 4. The highest BCUT2D eigenvalue weighted by Gasteiger charge is 2.59. The lowest BCUT2D eigenvalue weighted by Gasteiger charge is -2.60. The Kier molecular flexibility index (Phi) is 5.11. The second kappa shape index (κ2) is 7.09. The van der Waals surface area contributed by atoms with Crippen molar-refractivity contribution in [1.82, 2.24) is 0 Å². The van der Waals surface area contributed by atoms with Crippen molar-refractivity contribution in [3.05, 3.63) is 0 Å². The summed E-state index contributed by atoms with van der Waals surface area (Å²) in [5.41, 5.74) is 7.47. The Labute approximate surface area is 158 Å². The number of oxime groups is 1. The lowest BCUT2D eigenvalue weighted by atomic mass is 9.45. The van der Waals surface area contributed by atoms with Gasteiger partial charge >= 0.3 is 0 Å². The summed E-state index contributed by atoms with van der Waals surface area (Å²) in [7, 11) is 0. The van der Waals surface area contributed by atoms with Crippen molar-refractivity contribution < 1.29 is 9.94 Å². The van der Waals surface area contributed by atoms with Crippen LogP contribution in [0, 0.1) is 34.5 Å². The van der Waals surface area contributed by atoms with Crippen molar-refractivity contribution in [2.75, 3.05) is 13.2 Å². The number of aliphatic hydroxyl groups is 1. The molecular weight excluding hydrogens is 324 g/mol. The summed E-state index contributed by atoms with van der Waals surface area (Å²) in [6, 6.07) is 0. The van der Waals surface area contributed by atoms with Crippen LogP contribution < -0.4 is 5.73 Å². The van der Waals surface area contributed by atoms with Crippen LogP contribution in [0.15, 0.2) is 5.16 Å². The van der Waals surface area contributed by atoms with E-state index in [9.17, 15) is 5.11 Å². The molecule has 4 aliphatic rings. The molecule has 0 spiro atoms. The molecule has 0 aromatic carbocycles. The summed E-state index contributed by atoms with van der Waals surface area (Å²) in [4.78, 5) is 5.49. The molecule has 4 unspecified atom stereocenters. The third-order valence-electron chi connectivity index (χ3n) is 9.08. The summed E-state index contributed by atoms with van der Waals surface area (Å²) < 4.78 is 0. The molecule has 0 bridgehead atoms. The third-order valence-corrected chi connectivity index (χ3v) is 9.08. The van der Waals surface area contributed by atoms with Crippen LogP contribution in [0.4, 0.5) is 0 Å². The summed E-state index contributed by atoms with van der Waals surface area (Å²) >= 11 is 0. The van der Waals surface area contributed by atoms with Gasteiger partial charge < -0.3 is 15.7 Å². The number of nitrogens with zero attached hydrogens (tertiary/aromatic N) is 1. The van der Waals surface area contributed by atoms with Crippen LogP contribution in [-0.4, -0.2) is 30.1 Å². The molecule has 3 N–H and O–H groups in total. The Bertz CT molecular complexity index is 550. The highest BCUT2D eigenvalue weighted by Crippen LogP contribution is 2.65. The Hall–Kier alpha value is -0.610. The van der Waals surface area contributed by atoms with Gasteiger partial charge in [-0.3, -0.25) is 0 Å². The zero-order chi connectivity index (χ0) is 18.4. The van der Waals surface area contributed by atoms with Crippen molar-refractivity contribution in [2.45, 2.75) is 84.2 Å². The molecule has 4 fully saturated rings. The number of nitrogens with two attached hydrogens (primary N) is 1. The molecule has 0 radical (unpaired) electrons. The van der Waals surface area contributed by atoms with Gasteiger partial charge in [0.1, 0.15) is 6.61 Å². The molecule has 148 valence electrons. The molecular formula is C22H38N2O2. The fourth-order valence-electron chi connectivity index (χ4n) is 7.40. The monoisotopic (exact) mass is 362 g/mol. The van der Waals surface area contributed by atoms with Gasteiger partial charge in [0.15, 0.2) is 0 Å². The van der Waals surface area contributed by atoms with Gasteiger partial charge in [0.25, 0.3) is 0 Å². The molecule has 7 atom stereocenters. The minimum Gasteiger partial charge on any atom is -0.396 e. The molecule has 4 nitrogen and oxygen atoms in total. The lowest BCUT2D eigenvalue weighted by Crippen LogP contribution is -2.54. The normalized spacial score (nSPS) is 49.4. The second-order valence-electron chi connectivity index (χ2n) is 10.1. The molecule has 26 heavy (non-hydrogen) atoms. The summed E-state index contributed by atoms with van der Waals surface area (Å²) in [6.07, 6.45) is 11.8. The Morgan fingerprint density at radius 3 is 2.69 bits per heavy atom. The van der Waals surface area contributed by atoms with Gasteiger partial charge in [-0.1, -0.05) is 19.0 Å². The van der Waals surface area contributed by atoms with Gasteiger partial charge in [-0.25, -0.2) is 0 Å². The van der Waals surface area contributed by atoms with Crippen molar-refractivity contribution in [3.8, 4) is 0 Å². The van der Waals surface area contributed by atoms with E-state index in [4.69, 9.17) is 10.6 Å². The molecule has 4 rings (SSSR count). The fraction of sp³-hybridized carbons (Fsp3) is 0.955. The number of aliphatic hydroxyl groups excluding tert-OH is 1. The van der Waals surface area contributed by atoms with E-state index in [0.717, 1.165) is 49.4 Å². The quantitative estimate of drug-likeness (QED) is 0.584. The zero-order valence-electron chi connectivity index (χ0n) is 16.8. The first-order chi connectivity index (χ1) is 12.5. The first kappa shape index (κ1) is 18.7. The SMILES string of the molecule is C[C@]12CCC(=NOCCCN)CC1CCC1C2CC[C@@]2(C)C1CC[C@H]2O. The fourth-order valence-corrected chi connectivity index (χ4v) is 7.40. The number of hydrogen-bond acceptors (Lipinski definition) is 4. The molecule has 0 heterocycles. The highest BCUT2D eigenvalue weighted by atomic mass is 16.6. The van der Waals surface area contributed by atoms with Gasteiger partial charge in [0.05, 0.1) is 11.8 Å². The van der Waals surface area contributed by atoms with Gasteiger partial charge in [-0.2, -0.15) is 0 Å². The van der Waals surface area contributed by atoms with Crippen LogP contribution in [0.5, 0.6) is 0 Å². The Balaban J connectivity index is 1.46. The van der Waals surface area contributed by atoms with Crippen LogP contribution in [0.3, 0.4) is 0 Å². The standard InChI is InChI=1S/C22H38N2O2/c1-21-10-8-16(24-26-13-3-12-23)14-15(21)4-5-17-18-6-7-20(25)22(18,2)11-9-19(17)21/h15,17-20,25H,3-14,23H2,1-2H3/t15?,17?,18?,19?,20-,21+,22+/m1/s1. The lowest BCUT2D eigenvalue weighted by molar-refractivity contribution is -0.112. The number of fused-ring (bicyclic) bond motifs is 5. The molecule has 4 saturated carbocycles. The maximum absolute atomic E-state index is 10.6. The second-order valence-corrected chi connectivity index (χ2v) is 10.1. The molecule has 4 heteroatoms. The minimum absolute atomic E-state index is 0.0604. The average molecular weight is 363 g/mol.